The summed E-state index contributed by atoms with van der Waals surface area (Å²) in [7, 11) is 3.14. The second-order valence-electron chi connectivity index (χ2n) is 7.22. The van der Waals surface area contributed by atoms with E-state index in [-0.39, 0.29) is 11.8 Å². The number of likely N-dealkylation sites (tertiary alicyclic amines) is 1. The van der Waals surface area contributed by atoms with Gasteiger partial charge in [0.2, 0.25) is 0 Å². The number of piperidine rings is 1. The van der Waals surface area contributed by atoms with Crippen molar-refractivity contribution >= 4 is 17.4 Å². The van der Waals surface area contributed by atoms with Crippen LogP contribution in [0, 0.1) is 5.92 Å². The molecule has 0 bridgehead atoms. The van der Waals surface area contributed by atoms with Crippen molar-refractivity contribution in [3.8, 4) is 11.5 Å². The van der Waals surface area contributed by atoms with Gasteiger partial charge in [-0.2, -0.15) is 0 Å². The highest BCUT2D eigenvalue weighted by atomic mass is 16.5. The van der Waals surface area contributed by atoms with Gasteiger partial charge < -0.3 is 14.4 Å². The Balaban J connectivity index is 2.08. The molecule has 1 aromatic carbocycles. The maximum Gasteiger partial charge on any atom is 0.277 e. The van der Waals surface area contributed by atoms with E-state index in [4.69, 9.17) is 9.47 Å². The summed E-state index contributed by atoms with van der Waals surface area (Å²) >= 11 is 0. The van der Waals surface area contributed by atoms with Gasteiger partial charge in [-0.1, -0.05) is 19.9 Å². The predicted octanol–water partition coefficient (Wildman–Crippen LogP) is 2.93. The zero-order chi connectivity index (χ0) is 19.6. The fourth-order valence-corrected chi connectivity index (χ4v) is 3.77. The van der Waals surface area contributed by atoms with Gasteiger partial charge in [-0.15, -0.1) is 0 Å². The first-order valence-electron chi connectivity index (χ1n) is 9.59. The van der Waals surface area contributed by atoms with E-state index in [2.05, 4.69) is 11.8 Å². The third-order valence-corrected chi connectivity index (χ3v) is 5.36. The molecule has 6 nitrogen and oxygen atoms in total. The summed E-state index contributed by atoms with van der Waals surface area (Å²) in [6.45, 7) is 6.23. The van der Waals surface area contributed by atoms with Gasteiger partial charge in [-0.05, 0) is 42.9 Å². The average Bonchev–Trinajstić information content (AvgIpc) is 2.93. The summed E-state index contributed by atoms with van der Waals surface area (Å²) in [6.07, 6.45) is 2.79. The molecular formula is C21H28N2O4. The maximum absolute atomic E-state index is 13.1. The number of nitrogens with zero attached hydrogens (tertiary/aromatic N) is 2. The highest BCUT2D eigenvalue weighted by Gasteiger charge is 2.41. The van der Waals surface area contributed by atoms with Crippen LogP contribution in [-0.4, -0.2) is 55.5 Å². The highest BCUT2D eigenvalue weighted by Crippen LogP contribution is 2.37. The molecule has 0 radical (unpaired) electrons. The van der Waals surface area contributed by atoms with Gasteiger partial charge in [0.15, 0.2) is 11.5 Å². The van der Waals surface area contributed by atoms with Crippen molar-refractivity contribution in [1.82, 2.24) is 9.80 Å². The second kappa shape index (κ2) is 8.03. The zero-order valence-electron chi connectivity index (χ0n) is 16.6. The molecule has 0 aliphatic carbocycles. The Bertz CT molecular complexity index is 763. The summed E-state index contributed by atoms with van der Waals surface area (Å²) < 4.78 is 10.7. The number of benzene rings is 1. The quantitative estimate of drug-likeness (QED) is 0.719. The molecule has 2 aliphatic heterocycles. The number of methoxy groups -OCH3 is 2. The molecule has 0 aromatic heterocycles. The fraction of sp³-hybridized carbons (Fsp3) is 0.524. The lowest BCUT2D eigenvalue weighted by Gasteiger charge is -2.32. The Morgan fingerprint density at radius 3 is 2.30 bits per heavy atom. The molecule has 0 saturated carbocycles. The highest BCUT2D eigenvalue weighted by molar-refractivity contribution is 6.35. The molecule has 3 rings (SSSR count). The van der Waals surface area contributed by atoms with E-state index >= 15 is 0 Å². The van der Waals surface area contributed by atoms with Gasteiger partial charge in [-0.3, -0.25) is 14.5 Å². The van der Waals surface area contributed by atoms with Gasteiger partial charge >= 0.3 is 0 Å². The second-order valence-corrected chi connectivity index (χ2v) is 7.22. The fourth-order valence-electron chi connectivity index (χ4n) is 3.77. The van der Waals surface area contributed by atoms with E-state index in [0.29, 0.717) is 40.8 Å². The van der Waals surface area contributed by atoms with Crippen LogP contribution in [0.15, 0.2) is 23.9 Å². The molecular weight excluding hydrogens is 344 g/mol. The number of carbonyl (C=O) groups is 2. The SMILES string of the molecule is CCCN1C(=O)C(c2ccc(OC)c(OC)c2)=C(N2CCC(C)CC2)C1=O. The molecule has 0 unspecified atom stereocenters. The van der Waals surface area contributed by atoms with Crippen LogP contribution < -0.4 is 9.47 Å². The number of hydrogen-bond acceptors (Lipinski definition) is 5. The van der Waals surface area contributed by atoms with Crippen LogP contribution in [0.4, 0.5) is 0 Å². The van der Waals surface area contributed by atoms with Gasteiger partial charge in [-0.25, -0.2) is 0 Å². The van der Waals surface area contributed by atoms with E-state index in [9.17, 15) is 9.59 Å². The van der Waals surface area contributed by atoms with E-state index in [1.165, 1.54) is 4.90 Å². The molecule has 0 atom stereocenters. The molecule has 2 heterocycles. The molecule has 6 heteroatoms. The Morgan fingerprint density at radius 2 is 1.70 bits per heavy atom. The van der Waals surface area contributed by atoms with Crippen LogP contribution in [0.1, 0.15) is 38.7 Å². The van der Waals surface area contributed by atoms with E-state index < -0.39 is 0 Å². The standard InChI is InChI=1S/C21H28N2O4/c1-5-10-23-20(24)18(15-6-7-16(26-3)17(13-15)27-4)19(21(23)25)22-11-8-14(2)9-12-22/h6-7,13-14H,5,8-12H2,1-4H3. The molecule has 1 saturated heterocycles. The molecule has 27 heavy (non-hydrogen) atoms. The molecule has 146 valence electrons. The van der Waals surface area contributed by atoms with Crippen LogP contribution in [0.3, 0.4) is 0 Å². The minimum absolute atomic E-state index is 0.179. The molecule has 1 fully saturated rings. The molecule has 0 N–H and O–H groups in total. The van der Waals surface area contributed by atoms with Crippen LogP contribution in [-0.2, 0) is 9.59 Å². The number of imide groups is 1. The van der Waals surface area contributed by atoms with E-state index in [1.54, 1.807) is 26.4 Å². The normalized spacial score (nSPS) is 18.5. The summed E-state index contributed by atoms with van der Waals surface area (Å²) in [5.41, 5.74) is 1.70. The zero-order valence-corrected chi connectivity index (χ0v) is 16.6. The van der Waals surface area contributed by atoms with Crippen LogP contribution >= 0.6 is 0 Å². The minimum atomic E-state index is -0.220. The first-order chi connectivity index (χ1) is 13.0. The lowest BCUT2D eigenvalue weighted by Crippen LogP contribution is -2.38. The van der Waals surface area contributed by atoms with Crippen molar-refractivity contribution in [2.24, 2.45) is 5.92 Å². The Morgan fingerprint density at radius 1 is 1.04 bits per heavy atom. The van der Waals surface area contributed by atoms with Crippen LogP contribution in [0.25, 0.3) is 5.57 Å². The molecule has 2 aliphatic rings. The Labute approximate surface area is 160 Å². The van der Waals surface area contributed by atoms with E-state index in [0.717, 1.165) is 32.4 Å². The Hall–Kier alpha value is -2.50. The predicted molar refractivity (Wildman–Crippen MR) is 103 cm³/mol. The van der Waals surface area contributed by atoms with Gasteiger partial charge in [0, 0.05) is 19.6 Å². The number of ether oxygens (including phenoxy) is 2. The third-order valence-electron chi connectivity index (χ3n) is 5.36. The monoisotopic (exact) mass is 372 g/mol. The lowest BCUT2D eigenvalue weighted by atomic mass is 9.97. The van der Waals surface area contributed by atoms with E-state index in [1.807, 2.05) is 13.0 Å². The van der Waals surface area contributed by atoms with Crippen molar-refractivity contribution in [2.75, 3.05) is 33.9 Å². The number of amides is 2. The largest absolute Gasteiger partial charge is 0.493 e. The molecule has 1 aromatic rings. The van der Waals surface area contributed by atoms with Crippen molar-refractivity contribution in [1.29, 1.82) is 0 Å². The minimum Gasteiger partial charge on any atom is -0.493 e. The van der Waals surface area contributed by atoms with Gasteiger partial charge in [0.25, 0.3) is 11.8 Å². The smallest absolute Gasteiger partial charge is 0.277 e. The van der Waals surface area contributed by atoms with Crippen LogP contribution in [0.5, 0.6) is 11.5 Å². The third kappa shape index (κ3) is 3.53. The lowest BCUT2D eigenvalue weighted by molar-refractivity contribution is -0.137. The van der Waals surface area contributed by atoms with Crippen molar-refractivity contribution in [3.63, 3.8) is 0 Å². The molecule has 0 spiro atoms. The summed E-state index contributed by atoms with van der Waals surface area (Å²) in [5.74, 6) is 1.38. The summed E-state index contributed by atoms with van der Waals surface area (Å²) in [6, 6.07) is 5.38. The Kier molecular flexibility index (Phi) is 5.73. The topological polar surface area (TPSA) is 59.1 Å². The first-order valence-corrected chi connectivity index (χ1v) is 9.59. The maximum atomic E-state index is 13.1. The van der Waals surface area contributed by atoms with Crippen LogP contribution in [0.2, 0.25) is 0 Å². The molecule has 2 amide bonds. The van der Waals surface area contributed by atoms with Crippen molar-refractivity contribution < 1.29 is 19.1 Å². The average molecular weight is 372 g/mol. The van der Waals surface area contributed by atoms with Gasteiger partial charge in [0.05, 0.1) is 19.8 Å². The number of carbonyl (C=O) groups excluding carboxylic acids is 2. The summed E-state index contributed by atoms with van der Waals surface area (Å²) in [4.78, 5) is 29.7. The summed E-state index contributed by atoms with van der Waals surface area (Å²) in [5, 5.41) is 0. The van der Waals surface area contributed by atoms with Gasteiger partial charge in [0.1, 0.15) is 5.70 Å². The number of rotatable bonds is 6. The first kappa shape index (κ1) is 19.3. The van der Waals surface area contributed by atoms with Crippen molar-refractivity contribution in [3.05, 3.63) is 29.5 Å². The number of hydrogen-bond donors (Lipinski definition) is 0. The van der Waals surface area contributed by atoms with Crippen molar-refractivity contribution in [2.45, 2.75) is 33.1 Å².